The first-order valence-electron chi connectivity index (χ1n) is 4.45. The first-order chi connectivity index (χ1) is 7.06. The summed E-state index contributed by atoms with van der Waals surface area (Å²) in [6.07, 6.45) is 0. The molecule has 0 heterocycles. The topological polar surface area (TPSA) is 43.4 Å². The van der Waals surface area contributed by atoms with Gasteiger partial charge in [-0.2, -0.15) is 0 Å². The second kappa shape index (κ2) is 5.63. The lowest BCUT2D eigenvalue weighted by Gasteiger charge is -2.10. The lowest BCUT2D eigenvalue weighted by molar-refractivity contribution is 0.213. The van der Waals surface area contributed by atoms with E-state index >= 15 is 0 Å². The fraction of sp³-hybridized carbons (Fsp3) is 0.400. The Morgan fingerprint density at radius 3 is 2.47 bits per heavy atom. The molecular weight excluding hydrogens is 280 g/mol. The van der Waals surface area contributed by atoms with Crippen LogP contribution in [0.5, 0.6) is 0 Å². The van der Waals surface area contributed by atoms with Crippen molar-refractivity contribution in [3.05, 3.63) is 35.9 Å². The number of methoxy groups -OCH3 is 1. The summed E-state index contributed by atoms with van der Waals surface area (Å²) in [6.45, 7) is 0.162. The first kappa shape index (κ1) is 12.7. The highest BCUT2D eigenvalue weighted by molar-refractivity contribution is 9.11. The summed E-state index contributed by atoms with van der Waals surface area (Å²) in [5, 5.41) is 0. The highest BCUT2D eigenvalue weighted by atomic mass is 79.9. The number of sulfone groups is 1. The van der Waals surface area contributed by atoms with Crippen molar-refractivity contribution in [1.82, 2.24) is 0 Å². The van der Waals surface area contributed by atoms with Crippen molar-refractivity contribution in [1.29, 1.82) is 0 Å². The second-order valence-corrected chi connectivity index (χ2v) is 7.05. The van der Waals surface area contributed by atoms with Gasteiger partial charge in [0.1, 0.15) is 4.16 Å². The first-order valence-corrected chi connectivity index (χ1v) is 7.08. The zero-order chi connectivity index (χ0) is 11.3. The number of benzene rings is 1. The summed E-state index contributed by atoms with van der Waals surface area (Å²) in [5.74, 6) is 0.0348. The minimum atomic E-state index is -3.18. The lowest BCUT2D eigenvalue weighted by atomic mass is 10.2. The van der Waals surface area contributed by atoms with E-state index in [0.717, 1.165) is 5.56 Å². The number of alkyl halides is 1. The van der Waals surface area contributed by atoms with Gasteiger partial charge in [0.05, 0.1) is 12.4 Å². The fourth-order valence-corrected chi connectivity index (χ4v) is 2.97. The van der Waals surface area contributed by atoms with Gasteiger partial charge in [-0.1, -0.05) is 46.3 Å². The molecule has 1 rings (SSSR count). The van der Waals surface area contributed by atoms with Crippen molar-refractivity contribution in [2.75, 3.05) is 13.7 Å². The molecule has 0 aromatic heterocycles. The summed E-state index contributed by atoms with van der Waals surface area (Å²) in [7, 11) is -1.71. The van der Waals surface area contributed by atoms with Gasteiger partial charge >= 0.3 is 0 Å². The molecule has 0 N–H and O–H groups in total. The van der Waals surface area contributed by atoms with Crippen LogP contribution in [0.4, 0.5) is 0 Å². The Morgan fingerprint density at radius 2 is 1.93 bits per heavy atom. The Kier molecular flexibility index (Phi) is 4.76. The number of hydrogen-bond donors (Lipinski definition) is 0. The molecule has 0 spiro atoms. The van der Waals surface area contributed by atoms with Gasteiger partial charge in [0.2, 0.25) is 0 Å². The summed E-state index contributed by atoms with van der Waals surface area (Å²) in [6, 6.07) is 9.10. The zero-order valence-electron chi connectivity index (χ0n) is 8.39. The monoisotopic (exact) mass is 292 g/mol. The highest BCUT2D eigenvalue weighted by Gasteiger charge is 2.22. The molecule has 0 bridgehead atoms. The van der Waals surface area contributed by atoms with Crippen LogP contribution in [0, 0.1) is 0 Å². The average molecular weight is 293 g/mol. The fourth-order valence-electron chi connectivity index (χ4n) is 1.13. The minimum absolute atomic E-state index is 0.0348. The maximum absolute atomic E-state index is 11.8. The van der Waals surface area contributed by atoms with Gasteiger partial charge in [0.15, 0.2) is 9.84 Å². The molecule has 1 unspecified atom stereocenters. The highest BCUT2D eigenvalue weighted by Crippen LogP contribution is 2.15. The molecule has 15 heavy (non-hydrogen) atoms. The molecule has 0 aliphatic rings. The molecule has 1 aromatic carbocycles. The van der Waals surface area contributed by atoms with Gasteiger partial charge in [-0.3, -0.25) is 0 Å². The Balaban J connectivity index is 2.73. The molecule has 3 nitrogen and oxygen atoms in total. The van der Waals surface area contributed by atoms with Gasteiger partial charge < -0.3 is 4.74 Å². The maximum atomic E-state index is 11.8. The van der Waals surface area contributed by atoms with Crippen molar-refractivity contribution in [3.8, 4) is 0 Å². The Hall–Kier alpha value is -0.390. The van der Waals surface area contributed by atoms with Crippen molar-refractivity contribution in [2.24, 2.45) is 0 Å². The summed E-state index contributed by atoms with van der Waals surface area (Å²) < 4.78 is 27.7. The standard InChI is InChI=1S/C10H13BrO3S/c1-14-7-10(11)15(12,13)8-9-5-3-2-4-6-9/h2-6,10H,7-8H2,1H3. The van der Waals surface area contributed by atoms with E-state index in [4.69, 9.17) is 4.74 Å². The van der Waals surface area contributed by atoms with E-state index in [-0.39, 0.29) is 12.4 Å². The van der Waals surface area contributed by atoms with Crippen molar-refractivity contribution >= 4 is 25.8 Å². The van der Waals surface area contributed by atoms with Crippen LogP contribution in [-0.2, 0) is 20.3 Å². The van der Waals surface area contributed by atoms with E-state index < -0.39 is 14.0 Å². The molecule has 0 aliphatic heterocycles. The van der Waals surface area contributed by atoms with Crippen molar-refractivity contribution in [2.45, 2.75) is 9.91 Å². The van der Waals surface area contributed by atoms with Gasteiger partial charge in [0, 0.05) is 7.11 Å². The molecule has 0 aliphatic carbocycles. The van der Waals surface area contributed by atoms with E-state index in [9.17, 15) is 8.42 Å². The number of halogens is 1. The van der Waals surface area contributed by atoms with Crippen LogP contribution in [0.25, 0.3) is 0 Å². The van der Waals surface area contributed by atoms with Crippen LogP contribution < -0.4 is 0 Å². The predicted molar refractivity (Wildman–Crippen MR) is 63.7 cm³/mol. The quantitative estimate of drug-likeness (QED) is 0.780. The van der Waals surface area contributed by atoms with Crippen LogP contribution in [0.15, 0.2) is 30.3 Å². The normalized spacial score (nSPS) is 13.7. The van der Waals surface area contributed by atoms with Crippen LogP contribution in [0.1, 0.15) is 5.56 Å². The Labute approximate surface area is 98.5 Å². The van der Waals surface area contributed by atoms with Crippen LogP contribution in [0.2, 0.25) is 0 Å². The van der Waals surface area contributed by atoms with E-state index in [0.29, 0.717) is 0 Å². The molecule has 84 valence electrons. The largest absolute Gasteiger partial charge is 0.382 e. The van der Waals surface area contributed by atoms with Crippen LogP contribution in [-0.4, -0.2) is 26.3 Å². The van der Waals surface area contributed by atoms with Crippen LogP contribution in [0.3, 0.4) is 0 Å². The van der Waals surface area contributed by atoms with Crippen molar-refractivity contribution in [3.63, 3.8) is 0 Å². The summed E-state index contributed by atoms with van der Waals surface area (Å²) >= 11 is 3.10. The number of hydrogen-bond acceptors (Lipinski definition) is 3. The second-order valence-electron chi connectivity index (χ2n) is 3.16. The third-order valence-corrected chi connectivity index (χ3v) is 5.52. The van der Waals surface area contributed by atoms with Gasteiger partial charge in [0.25, 0.3) is 0 Å². The summed E-state index contributed by atoms with van der Waals surface area (Å²) in [5.41, 5.74) is 0.790. The smallest absolute Gasteiger partial charge is 0.169 e. The summed E-state index contributed by atoms with van der Waals surface area (Å²) in [4.78, 5) is 0. The molecule has 0 fully saturated rings. The van der Waals surface area contributed by atoms with Gasteiger partial charge in [-0.25, -0.2) is 8.42 Å². The SMILES string of the molecule is COCC(Br)S(=O)(=O)Cc1ccccc1. The van der Waals surface area contributed by atoms with Gasteiger partial charge in [-0.15, -0.1) is 0 Å². The van der Waals surface area contributed by atoms with Crippen molar-refractivity contribution < 1.29 is 13.2 Å². The van der Waals surface area contributed by atoms with E-state index in [1.807, 2.05) is 18.2 Å². The molecule has 0 radical (unpaired) electrons. The molecule has 1 atom stereocenters. The molecule has 0 saturated carbocycles. The Morgan fingerprint density at radius 1 is 1.33 bits per heavy atom. The number of rotatable bonds is 5. The zero-order valence-corrected chi connectivity index (χ0v) is 10.8. The maximum Gasteiger partial charge on any atom is 0.169 e. The third-order valence-electron chi connectivity index (χ3n) is 1.90. The third kappa shape index (κ3) is 3.93. The van der Waals surface area contributed by atoms with Crippen LogP contribution >= 0.6 is 15.9 Å². The van der Waals surface area contributed by atoms with E-state index in [2.05, 4.69) is 15.9 Å². The van der Waals surface area contributed by atoms with E-state index in [1.165, 1.54) is 7.11 Å². The molecule has 0 saturated heterocycles. The molecule has 1 aromatic rings. The average Bonchev–Trinajstić information content (AvgIpc) is 2.19. The van der Waals surface area contributed by atoms with E-state index in [1.54, 1.807) is 12.1 Å². The van der Waals surface area contributed by atoms with Gasteiger partial charge in [-0.05, 0) is 5.56 Å². The molecule has 0 amide bonds. The minimum Gasteiger partial charge on any atom is -0.382 e. The molecular formula is C10H13BrO3S. The lowest BCUT2D eigenvalue weighted by Crippen LogP contribution is -2.21. The molecule has 5 heteroatoms. The number of ether oxygens (including phenoxy) is 1. The Bertz CT molecular complexity index is 388. The predicted octanol–water partition coefficient (Wildman–Crippen LogP) is 1.97.